The lowest BCUT2D eigenvalue weighted by atomic mass is 10.1. The van der Waals surface area contributed by atoms with Gasteiger partial charge in [-0.3, -0.25) is 10.1 Å². The molecule has 7 heteroatoms. The molecular formula is C12H13N3O3S. The Bertz CT molecular complexity index is 554. The number of aryl methyl sites for hydroxylation is 2. The molecule has 0 bridgehead atoms. The van der Waals surface area contributed by atoms with E-state index < -0.39 is 4.92 Å². The molecule has 0 aliphatic rings. The van der Waals surface area contributed by atoms with E-state index in [0.717, 1.165) is 17.7 Å². The van der Waals surface area contributed by atoms with Gasteiger partial charge in [0.1, 0.15) is 0 Å². The van der Waals surface area contributed by atoms with Gasteiger partial charge in [0, 0.05) is 19.1 Å². The molecule has 2 aromatic rings. The van der Waals surface area contributed by atoms with Crippen LogP contribution in [0.1, 0.15) is 17.3 Å². The van der Waals surface area contributed by atoms with Crippen molar-refractivity contribution in [3.63, 3.8) is 0 Å². The molecule has 0 atom stereocenters. The molecule has 0 fully saturated rings. The first-order valence-corrected chi connectivity index (χ1v) is 6.91. The fraction of sp³-hybridized carbons (Fsp3) is 0.333. The first kappa shape index (κ1) is 13.5. The summed E-state index contributed by atoms with van der Waals surface area (Å²) in [5, 5.41) is 14.3. The number of thioether (sulfide) groups is 1. The van der Waals surface area contributed by atoms with Crippen molar-refractivity contribution in [2.75, 3.05) is 5.75 Å². The fourth-order valence-corrected chi connectivity index (χ4v) is 2.36. The average Bonchev–Trinajstić information content (AvgIpc) is 2.81. The minimum atomic E-state index is -0.392. The number of nitro groups is 1. The SMILES string of the molecule is Cc1nc(CSCCc2ccc([N+](=O)[O-])cc2)no1. The second-order valence-electron chi connectivity index (χ2n) is 3.96. The third-order valence-corrected chi connectivity index (χ3v) is 3.44. The molecule has 100 valence electrons. The summed E-state index contributed by atoms with van der Waals surface area (Å²) in [6, 6.07) is 6.64. The van der Waals surface area contributed by atoms with E-state index in [1.807, 2.05) is 0 Å². The van der Waals surface area contributed by atoms with Crippen LogP contribution < -0.4 is 0 Å². The van der Waals surface area contributed by atoms with Crippen LogP contribution in [0.2, 0.25) is 0 Å². The molecule has 0 saturated carbocycles. The van der Waals surface area contributed by atoms with Crippen LogP contribution in [0.4, 0.5) is 5.69 Å². The number of rotatable bonds is 6. The zero-order chi connectivity index (χ0) is 13.7. The summed E-state index contributed by atoms with van der Waals surface area (Å²) in [6.45, 7) is 1.76. The number of nitro benzene ring substituents is 1. The van der Waals surface area contributed by atoms with Gasteiger partial charge in [0.15, 0.2) is 5.82 Å². The van der Waals surface area contributed by atoms with Crippen LogP contribution >= 0.6 is 11.8 Å². The fourth-order valence-electron chi connectivity index (χ4n) is 1.54. The summed E-state index contributed by atoms with van der Waals surface area (Å²) >= 11 is 1.71. The van der Waals surface area contributed by atoms with Gasteiger partial charge >= 0.3 is 0 Å². The Morgan fingerprint density at radius 1 is 1.37 bits per heavy atom. The van der Waals surface area contributed by atoms with E-state index in [9.17, 15) is 10.1 Å². The van der Waals surface area contributed by atoms with Gasteiger partial charge in [0.25, 0.3) is 5.69 Å². The second-order valence-corrected chi connectivity index (χ2v) is 5.06. The van der Waals surface area contributed by atoms with Crippen LogP contribution in [-0.2, 0) is 12.2 Å². The van der Waals surface area contributed by atoms with Crippen molar-refractivity contribution < 1.29 is 9.45 Å². The van der Waals surface area contributed by atoms with Gasteiger partial charge in [-0.15, -0.1) is 0 Å². The lowest BCUT2D eigenvalue weighted by Gasteiger charge is -2.00. The van der Waals surface area contributed by atoms with Crippen molar-refractivity contribution in [3.05, 3.63) is 51.7 Å². The molecule has 1 heterocycles. The zero-order valence-corrected chi connectivity index (χ0v) is 11.2. The van der Waals surface area contributed by atoms with E-state index in [4.69, 9.17) is 4.52 Å². The Morgan fingerprint density at radius 3 is 2.68 bits per heavy atom. The predicted molar refractivity (Wildman–Crippen MR) is 72.0 cm³/mol. The molecule has 6 nitrogen and oxygen atoms in total. The lowest BCUT2D eigenvalue weighted by Crippen LogP contribution is -1.92. The maximum Gasteiger partial charge on any atom is 0.269 e. The van der Waals surface area contributed by atoms with Gasteiger partial charge in [-0.1, -0.05) is 17.3 Å². The number of benzene rings is 1. The van der Waals surface area contributed by atoms with Crippen molar-refractivity contribution in [2.45, 2.75) is 19.1 Å². The molecule has 19 heavy (non-hydrogen) atoms. The van der Waals surface area contributed by atoms with Crippen LogP contribution in [0.25, 0.3) is 0 Å². The van der Waals surface area contributed by atoms with Gasteiger partial charge in [-0.25, -0.2) is 0 Å². The van der Waals surface area contributed by atoms with Crippen LogP contribution in [0.15, 0.2) is 28.8 Å². The highest BCUT2D eigenvalue weighted by Gasteiger charge is 2.05. The Kier molecular flexibility index (Phi) is 4.51. The lowest BCUT2D eigenvalue weighted by molar-refractivity contribution is -0.384. The molecule has 0 amide bonds. The summed E-state index contributed by atoms with van der Waals surface area (Å²) in [5.74, 6) is 2.90. The van der Waals surface area contributed by atoms with E-state index in [1.165, 1.54) is 12.1 Å². The normalized spacial score (nSPS) is 10.6. The van der Waals surface area contributed by atoms with Crippen LogP contribution in [-0.4, -0.2) is 20.8 Å². The molecule has 1 aromatic heterocycles. The van der Waals surface area contributed by atoms with E-state index in [0.29, 0.717) is 17.5 Å². The standard InChI is InChI=1S/C12H13N3O3S/c1-9-13-12(14-18-9)8-19-7-6-10-2-4-11(5-3-10)15(16)17/h2-5H,6-8H2,1H3. The Balaban J connectivity index is 1.75. The highest BCUT2D eigenvalue weighted by molar-refractivity contribution is 7.98. The van der Waals surface area contributed by atoms with Crippen molar-refractivity contribution in [1.29, 1.82) is 0 Å². The van der Waals surface area contributed by atoms with Crippen LogP contribution in [0, 0.1) is 17.0 Å². The second kappa shape index (κ2) is 6.33. The molecule has 0 N–H and O–H groups in total. The van der Waals surface area contributed by atoms with Crippen LogP contribution in [0.5, 0.6) is 0 Å². The van der Waals surface area contributed by atoms with Gasteiger partial charge in [-0.05, 0) is 17.7 Å². The quantitative estimate of drug-likeness (QED) is 0.459. The van der Waals surface area contributed by atoms with Crippen molar-refractivity contribution >= 4 is 17.4 Å². The number of hydrogen-bond acceptors (Lipinski definition) is 6. The van der Waals surface area contributed by atoms with Crippen molar-refractivity contribution in [2.24, 2.45) is 0 Å². The first-order chi connectivity index (χ1) is 9.15. The number of nitrogens with zero attached hydrogens (tertiary/aromatic N) is 3. The Hall–Kier alpha value is -1.89. The first-order valence-electron chi connectivity index (χ1n) is 5.75. The molecule has 2 rings (SSSR count). The van der Waals surface area contributed by atoms with Crippen molar-refractivity contribution in [3.8, 4) is 0 Å². The topological polar surface area (TPSA) is 82.1 Å². The van der Waals surface area contributed by atoms with Gasteiger partial charge < -0.3 is 4.52 Å². The monoisotopic (exact) mass is 279 g/mol. The predicted octanol–water partition coefficient (Wildman–Crippen LogP) is 2.76. The third-order valence-electron chi connectivity index (χ3n) is 2.48. The number of aromatic nitrogens is 2. The van der Waals surface area contributed by atoms with E-state index >= 15 is 0 Å². The average molecular weight is 279 g/mol. The highest BCUT2D eigenvalue weighted by atomic mass is 32.2. The van der Waals surface area contributed by atoms with Crippen LogP contribution in [0.3, 0.4) is 0 Å². The van der Waals surface area contributed by atoms with E-state index in [2.05, 4.69) is 10.1 Å². The molecule has 0 radical (unpaired) electrons. The minimum absolute atomic E-state index is 0.124. The van der Waals surface area contributed by atoms with Gasteiger partial charge in [0.2, 0.25) is 5.89 Å². The highest BCUT2D eigenvalue weighted by Crippen LogP contribution is 2.15. The minimum Gasteiger partial charge on any atom is -0.340 e. The van der Waals surface area contributed by atoms with Gasteiger partial charge in [-0.2, -0.15) is 16.7 Å². The van der Waals surface area contributed by atoms with Gasteiger partial charge in [0.05, 0.1) is 10.7 Å². The molecule has 0 aliphatic carbocycles. The maximum atomic E-state index is 10.5. The summed E-state index contributed by atoms with van der Waals surface area (Å²) in [6.07, 6.45) is 0.861. The molecule has 0 unspecified atom stereocenters. The smallest absolute Gasteiger partial charge is 0.269 e. The molecular weight excluding hydrogens is 266 g/mol. The molecule has 0 aliphatic heterocycles. The van der Waals surface area contributed by atoms with E-state index in [1.54, 1.807) is 30.8 Å². The third kappa shape index (κ3) is 4.06. The zero-order valence-electron chi connectivity index (χ0n) is 10.4. The summed E-state index contributed by atoms with van der Waals surface area (Å²) in [7, 11) is 0. The molecule has 0 saturated heterocycles. The maximum absolute atomic E-state index is 10.5. The Labute approximate surface area is 114 Å². The number of hydrogen-bond donors (Lipinski definition) is 0. The Morgan fingerprint density at radius 2 is 2.11 bits per heavy atom. The largest absolute Gasteiger partial charge is 0.340 e. The molecule has 0 spiro atoms. The summed E-state index contributed by atoms with van der Waals surface area (Å²) in [5.41, 5.74) is 1.21. The number of non-ortho nitro benzene ring substituents is 1. The van der Waals surface area contributed by atoms with Crippen molar-refractivity contribution in [1.82, 2.24) is 10.1 Å². The molecule has 1 aromatic carbocycles. The summed E-state index contributed by atoms with van der Waals surface area (Å²) < 4.78 is 4.88. The van der Waals surface area contributed by atoms with E-state index in [-0.39, 0.29) is 5.69 Å². The summed E-state index contributed by atoms with van der Waals surface area (Å²) in [4.78, 5) is 14.2.